The predicted molar refractivity (Wildman–Crippen MR) is 59.6 cm³/mol. The van der Waals surface area contributed by atoms with Crippen LogP contribution in [-0.4, -0.2) is 25.4 Å². The van der Waals surface area contributed by atoms with E-state index in [4.69, 9.17) is 9.47 Å². The van der Waals surface area contributed by atoms with Gasteiger partial charge >= 0.3 is 0 Å². The summed E-state index contributed by atoms with van der Waals surface area (Å²) in [6, 6.07) is 5.70. The summed E-state index contributed by atoms with van der Waals surface area (Å²) in [5.41, 5.74) is 1.04. The Morgan fingerprint density at radius 2 is 1.67 bits per heavy atom. The molecule has 0 aliphatic rings. The number of rotatable bonds is 4. The van der Waals surface area contributed by atoms with Crippen molar-refractivity contribution in [2.75, 3.05) is 14.2 Å². The number of methoxy groups -OCH3 is 2. The Labute approximate surface area is 90.6 Å². The highest BCUT2D eigenvalue weighted by Crippen LogP contribution is 2.31. The average molecular weight is 210 g/mol. The third kappa shape index (κ3) is 2.63. The standard InChI is InChI=1S/C12H18O3/c1-8(9(2)13)10-5-6-11(14-3)12(7-10)15-4/h5-9,13H,1-4H3. The minimum absolute atomic E-state index is 0.0878. The highest BCUT2D eigenvalue weighted by Gasteiger charge is 2.13. The van der Waals surface area contributed by atoms with Crippen molar-refractivity contribution in [2.24, 2.45) is 0 Å². The van der Waals surface area contributed by atoms with Gasteiger partial charge in [0.15, 0.2) is 11.5 Å². The van der Waals surface area contributed by atoms with Crippen LogP contribution in [0.2, 0.25) is 0 Å². The first-order valence-corrected chi connectivity index (χ1v) is 5.00. The normalized spacial score (nSPS) is 14.5. The van der Waals surface area contributed by atoms with E-state index in [0.717, 1.165) is 5.56 Å². The fourth-order valence-electron chi connectivity index (χ4n) is 1.41. The van der Waals surface area contributed by atoms with Crippen molar-refractivity contribution in [3.05, 3.63) is 23.8 Å². The van der Waals surface area contributed by atoms with Crippen molar-refractivity contribution in [3.8, 4) is 11.5 Å². The van der Waals surface area contributed by atoms with Crippen molar-refractivity contribution in [3.63, 3.8) is 0 Å². The van der Waals surface area contributed by atoms with E-state index in [0.29, 0.717) is 11.5 Å². The maximum Gasteiger partial charge on any atom is 0.160 e. The summed E-state index contributed by atoms with van der Waals surface area (Å²) in [6.07, 6.45) is -0.372. The molecule has 0 saturated carbocycles. The molecule has 0 saturated heterocycles. The van der Waals surface area contributed by atoms with Gasteiger partial charge in [0.25, 0.3) is 0 Å². The maximum atomic E-state index is 9.49. The Balaban J connectivity index is 3.02. The Kier molecular flexibility index (Phi) is 3.97. The van der Waals surface area contributed by atoms with Gasteiger partial charge in [-0.15, -0.1) is 0 Å². The summed E-state index contributed by atoms with van der Waals surface area (Å²) in [6.45, 7) is 3.76. The maximum absolute atomic E-state index is 9.49. The minimum Gasteiger partial charge on any atom is -0.493 e. The van der Waals surface area contributed by atoms with Crippen LogP contribution in [0.25, 0.3) is 0 Å². The highest BCUT2D eigenvalue weighted by atomic mass is 16.5. The van der Waals surface area contributed by atoms with Gasteiger partial charge in [0.2, 0.25) is 0 Å². The second-order valence-corrected chi connectivity index (χ2v) is 3.64. The molecule has 3 heteroatoms. The molecule has 0 fully saturated rings. The first-order chi connectivity index (χ1) is 7.10. The molecule has 0 spiro atoms. The van der Waals surface area contributed by atoms with Crippen molar-refractivity contribution >= 4 is 0 Å². The first-order valence-electron chi connectivity index (χ1n) is 5.00. The average Bonchev–Trinajstić information content (AvgIpc) is 2.26. The summed E-state index contributed by atoms with van der Waals surface area (Å²) in [7, 11) is 3.21. The van der Waals surface area contributed by atoms with Gasteiger partial charge in [-0.25, -0.2) is 0 Å². The Morgan fingerprint density at radius 1 is 1.07 bits per heavy atom. The van der Waals surface area contributed by atoms with Crippen LogP contribution in [0.15, 0.2) is 18.2 Å². The highest BCUT2D eigenvalue weighted by molar-refractivity contribution is 5.43. The molecule has 0 bridgehead atoms. The second kappa shape index (κ2) is 5.03. The summed E-state index contributed by atoms with van der Waals surface area (Å²) >= 11 is 0. The Morgan fingerprint density at radius 3 is 2.13 bits per heavy atom. The second-order valence-electron chi connectivity index (χ2n) is 3.64. The molecule has 84 valence electrons. The minimum atomic E-state index is -0.372. The third-order valence-electron chi connectivity index (χ3n) is 2.66. The van der Waals surface area contributed by atoms with E-state index in [-0.39, 0.29) is 12.0 Å². The Bertz CT molecular complexity index is 321. The van der Waals surface area contributed by atoms with Crippen LogP contribution >= 0.6 is 0 Å². The lowest BCUT2D eigenvalue weighted by atomic mass is 9.96. The summed E-state index contributed by atoms with van der Waals surface area (Å²) in [4.78, 5) is 0. The van der Waals surface area contributed by atoms with Crippen molar-refractivity contribution in [2.45, 2.75) is 25.9 Å². The fourth-order valence-corrected chi connectivity index (χ4v) is 1.41. The molecule has 0 aliphatic carbocycles. The molecule has 0 aliphatic heterocycles. The van der Waals surface area contributed by atoms with Crippen LogP contribution in [0, 0.1) is 0 Å². The molecule has 0 heterocycles. The summed E-state index contributed by atoms with van der Waals surface area (Å²) in [5, 5.41) is 9.49. The zero-order valence-electron chi connectivity index (χ0n) is 9.65. The molecule has 1 N–H and O–H groups in total. The molecule has 1 aromatic carbocycles. The van der Waals surface area contributed by atoms with E-state index in [1.54, 1.807) is 21.1 Å². The van der Waals surface area contributed by atoms with E-state index in [1.807, 2.05) is 25.1 Å². The van der Waals surface area contributed by atoms with E-state index >= 15 is 0 Å². The molecular formula is C12H18O3. The lowest BCUT2D eigenvalue weighted by Gasteiger charge is -2.17. The van der Waals surface area contributed by atoms with Crippen LogP contribution < -0.4 is 9.47 Å². The zero-order chi connectivity index (χ0) is 11.4. The van der Waals surface area contributed by atoms with Crippen molar-refractivity contribution in [1.82, 2.24) is 0 Å². The van der Waals surface area contributed by atoms with E-state index in [2.05, 4.69) is 0 Å². The van der Waals surface area contributed by atoms with Gasteiger partial charge in [0, 0.05) is 5.92 Å². The molecule has 0 radical (unpaired) electrons. The van der Waals surface area contributed by atoms with Crippen LogP contribution in [0.4, 0.5) is 0 Å². The number of hydrogen-bond acceptors (Lipinski definition) is 3. The van der Waals surface area contributed by atoms with Crippen molar-refractivity contribution in [1.29, 1.82) is 0 Å². The van der Waals surface area contributed by atoms with Crippen LogP contribution in [-0.2, 0) is 0 Å². The van der Waals surface area contributed by atoms with Crippen LogP contribution in [0.1, 0.15) is 25.3 Å². The smallest absolute Gasteiger partial charge is 0.160 e. The van der Waals surface area contributed by atoms with E-state index in [1.165, 1.54) is 0 Å². The largest absolute Gasteiger partial charge is 0.493 e. The molecule has 1 aromatic rings. The molecular weight excluding hydrogens is 192 g/mol. The monoisotopic (exact) mass is 210 g/mol. The van der Waals surface area contributed by atoms with Gasteiger partial charge in [-0.3, -0.25) is 0 Å². The van der Waals surface area contributed by atoms with Gasteiger partial charge in [-0.05, 0) is 24.6 Å². The number of aliphatic hydroxyl groups excluding tert-OH is 1. The SMILES string of the molecule is COc1ccc(C(C)C(C)O)cc1OC. The Hall–Kier alpha value is -1.22. The topological polar surface area (TPSA) is 38.7 Å². The van der Waals surface area contributed by atoms with Crippen LogP contribution in [0.5, 0.6) is 11.5 Å². The summed E-state index contributed by atoms with van der Waals surface area (Å²) < 4.78 is 10.3. The van der Waals surface area contributed by atoms with E-state index in [9.17, 15) is 5.11 Å². The number of benzene rings is 1. The molecule has 15 heavy (non-hydrogen) atoms. The summed E-state index contributed by atoms with van der Waals surface area (Å²) in [5.74, 6) is 1.49. The van der Waals surface area contributed by atoms with Gasteiger partial charge in [0.1, 0.15) is 0 Å². The molecule has 1 rings (SSSR count). The molecule has 2 atom stereocenters. The van der Waals surface area contributed by atoms with Gasteiger partial charge in [-0.1, -0.05) is 13.0 Å². The fraction of sp³-hybridized carbons (Fsp3) is 0.500. The molecule has 3 nitrogen and oxygen atoms in total. The quantitative estimate of drug-likeness (QED) is 0.828. The number of hydrogen-bond donors (Lipinski definition) is 1. The van der Waals surface area contributed by atoms with Gasteiger partial charge in [-0.2, -0.15) is 0 Å². The molecule has 0 aromatic heterocycles. The number of ether oxygens (including phenoxy) is 2. The van der Waals surface area contributed by atoms with Crippen LogP contribution in [0.3, 0.4) is 0 Å². The van der Waals surface area contributed by atoms with Crippen molar-refractivity contribution < 1.29 is 14.6 Å². The zero-order valence-corrected chi connectivity index (χ0v) is 9.65. The number of aliphatic hydroxyl groups is 1. The molecule has 2 unspecified atom stereocenters. The third-order valence-corrected chi connectivity index (χ3v) is 2.66. The lowest BCUT2D eigenvalue weighted by Crippen LogP contribution is -2.11. The van der Waals surface area contributed by atoms with Gasteiger partial charge in [0.05, 0.1) is 20.3 Å². The van der Waals surface area contributed by atoms with E-state index < -0.39 is 0 Å². The predicted octanol–water partition coefficient (Wildman–Crippen LogP) is 2.19. The lowest BCUT2D eigenvalue weighted by molar-refractivity contribution is 0.169. The molecule has 0 amide bonds. The van der Waals surface area contributed by atoms with Gasteiger partial charge < -0.3 is 14.6 Å². The first kappa shape index (κ1) is 11.9.